The molecule has 1 aliphatic heterocycles. The van der Waals surface area contributed by atoms with Crippen molar-refractivity contribution in [3.8, 4) is 0 Å². The van der Waals surface area contributed by atoms with Crippen molar-refractivity contribution in [1.29, 1.82) is 0 Å². The standard InChI is InChI=1S/C18H30N2O/c1-3-9-20-10-5-8-18(13-20)15(2)19-12-16-6-4-7-17(11-16)14-21/h4,6-7,11,15,18-19,21H,3,5,8-10,12-14H2,1-2H3. The first kappa shape index (κ1) is 16.5. The van der Waals surface area contributed by atoms with E-state index in [1.807, 2.05) is 12.1 Å². The Morgan fingerprint density at radius 3 is 2.95 bits per heavy atom. The first-order valence-corrected chi connectivity index (χ1v) is 8.37. The average molecular weight is 290 g/mol. The lowest BCUT2D eigenvalue weighted by Crippen LogP contribution is -2.44. The Morgan fingerprint density at radius 1 is 1.38 bits per heavy atom. The Balaban J connectivity index is 1.81. The second-order valence-electron chi connectivity index (χ2n) is 6.35. The summed E-state index contributed by atoms with van der Waals surface area (Å²) in [6.45, 7) is 9.34. The maximum Gasteiger partial charge on any atom is 0.0681 e. The van der Waals surface area contributed by atoms with Crippen LogP contribution >= 0.6 is 0 Å². The van der Waals surface area contributed by atoms with Crippen LogP contribution in [0.1, 0.15) is 44.2 Å². The zero-order valence-corrected chi connectivity index (χ0v) is 13.5. The molecule has 0 bridgehead atoms. The van der Waals surface area contributed by atoms with Gasteiger partial charge in [0.05, 0.1) is 6.61 Å². The van der Waals surface area contributed by atoms with Crippen LogP contribution in [0.25, 0.3) is 0 Å². The highest BCUT2D eigenvalue weighted by atomic mass is 16.3. The fraction of sp³-hybridized carbons (Fsp3) is 0.667. The van der Waals surface area contributed by atoms with Gasteiger partial charge in [-0.25, -0.2) is 0 Å². The molecule has 1 fully saturated rings. The van der Waals surface area contributed by atoms with Gasteiger partial charge in [-0.2, -0.15) is 0 Å². The number of likely N-dealkylation sites (tertiary alicyclic amines) is 1. The lowest BCUT2D eigenvalue weighted by molar-refractivity contribution is 0.150. The van der Waals surface area contributed by atoms with Crippen molar-refractivity contribution in [2.75, 3.05) is 19.6 Å². The molecule has 0 amide bonds. The number of nitrogens with one attached hydrogen (secondary N) is 1. The van der Waals surface area contributed by atoms with Crippen LogP contribution in [0, 0.1) is 5.92 Å². The molecule has 0 saturated carbocycles. The third-order valence-electron chi connectivity index (χ3n) is 4.59. The molecule has 1 saturated heterocycles. The molecular formula is C18H30N2O. The van der Waals surface area contributed by atoms with Crippen LogP contribution < -0.4 is 5.32 Å². The molecule has 118 valence electrons. The highest BCUT2D eigenvalue weighted by Gasteiger charge is 2.23. The monoisotopic (exact) mass is 290 g/mol. The Bertz CT molecular complexity index is 419. The van der Waals surface area contributed by atoms with Crippen molar-refractivity contribution in [2.24, 2.45) is 5.92 Å². The van der Waals surface area contributed by atoms with Gasteiger partial charge in [-0.3, -0.25) is 0 Å². The second-order valence-corrected chi connectivity index (χ2v) is 6.35. The second kappa shape index (κ2) is 8.52. The molecule has 2 rings (SSSR count). The van der Waals surface area contributed by atoms with Gasteiger partial charge in [0.15, 0.2) is 0 Å². The molecular weight excluding hydrogens is 260 g/mol. The highest BCUT2D eigenvalue weighted by molar-refractivity contribution is 5.22. The third kappa shape index (κ3) is 5.10. The van der Waals surface area contributed by atoms with Crippen molar-refractivity contribution < 1.29 is 5.11 Å². The smallest absolute Gasteiger partial charge is 0.0681 e. The van der Waals surface area contributed by atoms with Crippen molar-refractivity contribution in [1.82, 2.24) is 10.2 Å². The molecule has 0 aromatic heterocycles. The number of aliphatic hydroxyl groups is 1. The lowest BCUT2D eigenvalue weighted by Gasteiger charge is -2.36. The van der Waals surface area contributed by atoms with Gasteiger partial charge < -0.3 is 15.3 Å². The topological polar surface area (TPSA) is 35.5 Å². The van der Waals surface area contributed by atoms with Crippen LogP contribution in [0.3, 0.4) is 0 Å². The Labute approximate surface area is 129 Å². The molecule has 1 aromatic carbocycles. The van der Waals surface area contributed by atoms with Crippen LogP contribution in [-0.2, 0) is 13.2 Å². The van der Waals surface area contributed by atoms with E-state index in [4.69, 9.17) is 0 Å². The summed E-state index contributed by atoms with van der Waals surface area (Å²) in [5.74, 6) is 0.756. The van der Waals surface area contributed by atoms with E-state index in [-0.39, 0.29) is 6.61 Å². The predicted octanol–water partition coefficient (Wildman–Crippen LogP) is 2.78. The number of rotatable bonds is 7. The molecule has 2 atom stereocenters. The summed E-state index contributed by atoms with van der Waals surface area (Å²) in [5.41, 5.74) is 2.25. The summed E-state index contributed by atoms with van der Waals surface area (Å²) in [5, 5.41) is 12.9. The van der Waals surface area contributed by atoms with Gasteiger partial charge >= 0.3 is 0 Å². The minimum Gasteiger partial charge on any atom is -0.392 e. The Morgan fingerprint density at radius 2 is 2.19 bits per heavy atom. The van der Waals surface area contributed by atoms with Crippen LogP contribution in [0.2, 0.25) is 0 Å². The Hall–Kier alpha value is -0.900. The number of hydrogen-bond acceptors (Lipinski definition) is 3. The molecule has 1 heterocycles. The minimum absolute atomic E-state index is 0.123. The average Bonchev–Trinajstić information content (AvgIpc) is 2.53. The zero-order valence-electron chi connectivity index (χ0n) is 13.5. The molecule has 2 N–H and O–H groups in total. The summed E-state index contributed by atoms with van der Waals surface area (Å²) in [6, 6.07) is 8.75. The van der Waals surface area contributed by atoms with Gasteiger partial charge in [0, 0.05) is 19.1 Å². The number of nitrogens with zero attached hydrogens (tertiary/aromatic N) is 1. The van der Waals surface area contributed by atoms with Crippen molar-refractivity contribution in [3.63, 3.8) is 0 Å². The van der Waals surface area contributed by atoms with E-state index >= 15 is 0 Å². The zero-order chi connectivity index (χ0) is 15.1. The maximum atomic E-state index is 9.20. The number of aliphatic hydroxyl groups excluding tert-OH is 1. The normalized spacial score (nSPS) is 21.4. The molecule has 0 spiro atoms. The van der Waals surface area contributed by atoms with Crippen LogP contribution in [0.4, 0.5) is 0 Å². The lowest BCUT2D eigenvalue weighted by atomic mass is 9.91. The predicted molar refractivity (Wildman–Crippen MR) is 88.1 cm³/mol. The molecule has 2 unspecified atom stereocenters. The van der Waals surface area contributed by atoms with Gasteiger partial charge in [-0.15, -0.1) is 0 Å². The van der Waals surface area contributed by atoms with Gasteiger partial charge in [-0.1, -0.05) is 31.2 Å². The summed E-state index contributed by atoms with van der Waals surface area (Å²) < 4.78 is 0. The molecule has 3 nitrogen and oxygen atoms in total. The summed E-state index contributed by atoms with van der Waals surface area (Å²) in [6.07, 6.45) is 3.92. The summed E-state index contributed by atoms with van der Waals surface area (Å²) >= 11 is 0. The molecule has 0 aliphatic carbocycles. The van der Waals surface area contributed by atoms with Gasteiger partial charge in [0.2, 0.25) is 0 Å². The first-order valence-electron chi connectivity index (χ1n) is 8.37. The molecule has 21 heavy (non-hydrogen) atoms. The molecule has 1 aromatic rings. The largest absolute Gasteiger partial charge is 0.392 e. The summed E-state index contributed by atoms with van der Waals surface area (Å²) in [7, 11) is 0. The maximum absolute atomic E-state index is 9.20. The van der Waals surface area contributed by atoms with Crippen molar-refractivity contribution >= 4 is 0 Å². The summed E-state index contributed by atoms with van der Waals surface area (Å²) in [4.78, 5) is 2.61. The van der Waals surface area contributed by atoms with Crippen LogP contribution in [-0.4, -0.2) is 35.7 Å². The van der Waals surface area contributed by atoms with Gasteiger partial charge in [0.1, 0.15) is 0 Å². The fourth-order valence-electron chi connectivity index (χ4n) is 3.30. The van der Waals surface area contributed by atoms with Crippen LogP contribution in [0.5, 0.6) is 0 Å². The van der Waals surface area contributed by atoms with Crippen LogP contribution in [0.15, 0.2) is 24.3 Å². The molecule has 3 heteroatoms. The van der Waals surface area contributed by atoms with E-state index in [0.29, 0.717) is 6.04 Å². The molecule has 1 aliphatic rings. The van der Waals surface area contributed by atoms with E-state index in [1.54, 1.807) is 0 Å². The Kier molecular flexibility index (Phi) is 6.68. The van der Waals surface area contributed by atoms with E-state index in [9.17, 15) is 5.11 Å². The van der Waals surface area contributed by atoms with Crippen molar-refractivity contribution in [3.05, 3.63) is 35.4 Å². The fourth-order valence-corrected chi connectivity index (χ4v) is 3.30. The van der Waals surface area contributed by atoms with E-state index in [1.165, 1.54) is 44.5 Å². The molecule has 0 radical (unpaired) electrons. The quantitative estimate of drug-likeness (QED) is 0.810. The van der Waals surface area contributed by atoms with E-state index in [2.05, 4.69) is 36.2 Å². The first-order chi connectivity index (χ1) is 10.2. The SMILES string of the molecule is CCCN1CCCC(C(C)NCc2cccc(CO)c2)C1. The van der Waals surface area contributed by atoms with Gasteiger partial charge in [0.25, 0.3) is 0 Å². The van der Waals surface area contributed by atoms with Gasteiger partial charge in [-0.05, 0) is 56.3 Å². The third-order valence-corrected chi connectivity index (χ3v) is 4.59. The van der Waals surface area contributed by atoms with E-state index < -0.39 is 0 Å². The van der Waals surface area contributed by atoms with Crippen molar-refractivity contribution in [2.45, 2.75) is 52.3 Å². The minimum atomic E-state index is 0.123. The number of hydrogen-bond donors (Lipinski definition) is 2. The number of benzene rings is 1. The van der Waals surface area contributed by atoms with E-state index in [0.717, 1.165) is 18.0 Å². The highest BCUT2D eigenvalue weighted by Crippen LogP contribution is 2.20. The number of piperidine rings is 1.